The average molecular weight is 471 g/mol. The molecule has 0 aliphatic heterocycles. The zero-order valence-corrected chi connectivity index (χ0v) is 21.7. The fourth-order valence-electron chi connectivity index (χ4n) is 8.84. The van der Waals surface area contributed by atoms with Gasteiger partial charge in [-0.05, 0) is 129 Å². The molecular formula is C32H48F2. The van der Waals surface area contributed by atoms with Gasteiger partial charge in [0.25, 0.3) is 0 Å². The Morgan fingerprint density at radius 2 is 1.29 bits per heavy atom. The predicted octanol–water partition coefficient (Wildman–Crippen LogP) is 9.68. The molecule has 3 fully saturated rings. The first-order valence-electron chi connectivity index (χ1n) is 15.1. The first-order chi connectivity index (χ1) is 16.6. The Balaban J connectivity index is 1.07. The van der Waals surface area contributed by atoms with E-state index in [0.717, 1.165) is 60.3 Å². The molecule has 0 saturated heterocycles. The highest BCUT2D eigenvalue weighted by Crippen LogP contribution is 2.51. The van der Waals surface area contributed by atoms with Crippen LogP contribution in [0.5, 0.6) is 0 Å². The highest BCUT2D eigenvalue weighted by Gasteiger charge is 2.41. The topological polar surface area (TPSA) is 0 Å². The van der Waals surface area contributed by atoms with Crippen molar-refractivity contribution in [1.29, 1.82) is 0 Å². The Kier molecular flexibility index (Phi) is 8.32. The first kappa shape index (κ1) is 24.8. The molecule has 0 heterocycles. The summed E-state index contributed by atoms with van der Waals surface area (Å²) < 4.78 is 27.8. The second-order valence-electron chi connectivity index (χ2n) is 12.8. The third-order valence-corrected chi connectivity index (χ3v) is 10.9. The molecular weight excluding hydrogens is 422 g/mol. The number of hydrogen-bond donors (Lipinski definition) is 0. The molecule has 1 aromatic carbocycles. The minimum Gasteiger partial charge on any atom is -0.204 e. The van der Waals surface area contributed by atoms with Crippen LogP contribution in [0, 0.1) is 53.1 Å². The predicted molar refractivity (Wildman–Crippen MR) is 138 cm³/mol. The fourth-order valence-corrected chi connectivity index (χ4v) is 8.84. The van der Waals surface area contributed by atoms with Crippen LogP contribution < -0.4 is 0 Å². The van der Waals surface area contributed by atoms with Crippen molar-refractivity contribution >= 4 is 0 Å². The fraction of sp³-hybridized carbons (Fsp3) is 0.812. The van der Waals surface area contributed by atoms with E-state index < -0.39 is 11.6 Å². The van der Waals surface area contributed by atoms with Crippen LogP contribution in [0.2, 0.25) is 0 Å². The summed E-state index contributed by atoms with van der Waals surface area (Å²) >= 11 is 0. The number of hydrogen-bond acceptors (Lipinski definition) is 0. The maximum atomic E-state index is 14.2. The van der Waals surface area contributed by atoms with Gasteiger partial charge in [-0.25, -0.2) is 8.78 Å². The van der Waals surface area contributed by atoms with Gasteiger partial charge in [-0.15, -0.1) is 0 Å². The number of rotatable bonds is 7. The van der Waals surface area contributed by atoms with Gasteiger partial charge in [0.05, 0.1) is 0 Å². The van der Waals surface area contributed by atoms with Crippen LogP contribution in [0.25, 0.3) is 0 Å². The van der Waals surface area contributed by atoms with E-state index in [4.69, 9.17) is 0 Å². The van der Waals surface area contributed by atoms with Crippen molar-refractivity contribution in [2.45, 2.75) is 122 Å². The van der Waals surface area contributed by atoms with Crippen molar-refractivity contribution in [1.82, 2.24) is 0 Å². The molecule has 4 aliphatic carbocycles. The van der Waals surface area contributed by atoms with Gasteiger partial charge < -0.3 is 0 Å². The summed E-state index contributed by atoms with van der Waals surface area (Å²) in [5.74, 6) is 5.23. The first-order valence-corrected chi connectivity index (χ1v) is 15.1. The van der Waals surface area contributed by atoms with Gasteiger partial charge >= 0.3 is 0 Å². The lowest BCUT2D eigenvalue weighted by Crippen LogP contribution is -2.37. The van der Waals surface area contributed by atoms with Gasteiger partial charge in [-0.1, -0.05) is 57.9 Å². The lowest BCUT2D eigenvalue weighted by Gasteiger charge is -2.47. The number of unbranched alkanes of at least 4 members (excludes halogenated alkanes) is 3. The quantitative estimate of drug-likeness (QED) is 0.348. The number of benzene rings is 1. The molecule has 0 spiro atoms. The smallest absolute Gasteiger partial charge is 0.162 e. The maximum Gasteiger partial charge on any atom is 0.162 e. The largest absolute Gasteiger partial charge is 0.204 e. The normalized spacial score (nSPS) is 36.0. The van der Waals surface area contributed by atoms with Crippen molar-refractivity contribution in [3.63, 3.8) is 0 Å². The highest BCUT2D eigenvalue weighted by atomic mass is 19.2. The third kappa shape index (κ3) is 5.57. The van der Waals surface area contributed by atoms with Crippen LogP contribution in [-0.2, 0) is 12.8 Å². The van der Waals surface area contributed by atoms with E-state index in [1.807, 2.05) is 6.07 Å². The third-order valence-electron chi connectivity index (χ3n) is 10.9. The van der Waals surface area contributed by atoms with Gasteiger partial charge in [0.15, 0.2) is 11.6 Å². The molecule has 0 amide bonds. The van der Waals surface area contributed by atoms with Gasteiger partial charge in [0, 0.05) is 0 Å². The van der Waals surface area contributed by atoms with Gasteiger partial charge in [0.2, 0.25) is 0 Å². The maximum absolute atomic E-state index is 14.2. The van der Waals surface area contributed by atoms with Crippen LogP contribution in [0.1, 0.15) is 121 Å². The van der Waals surface area contributed by atoms with E-state index in [9.17, 15) is 8.78 Å². The minimum atomic E-state index is -0.671. The molecule has 0 bridgehead atoms. The summed E-state index contributed by atoms with van der Waals surface area (Å²) in [7, 11) is 0. The monoisotopic (exact) mass is 470 g/mol. The van der Waals surface area contributed by atoms with E-state index in [-0.39, 0.29) is 0 Å². The Bertz CT molecular complexity index is 792. The molecule has 4 aliphatic rings. The van der Waals surface area contributed by atoms with Gasteiger partial charge in [-0.3, -0.25) is 0 Å². The summed E-state index contributed by atoms with van der Waals surface area (Å²) in [6.45, 7) is 2.31. The second kappa shape index (κ2) is 11.4. The Morgan fingerprint density at radius 1 is 0.676 bits per heavy atom. The number of fused-ring (bicyclic) bond motifs is 2. The average Bonchev–Trinajstić information content (AvgIpc) is 2.88. The molecule has 0 radical (unpaired) electrons. The summed E-state index contributed by atoms with van der Waals surface area (Å²) in [5, 5.41) is 0. The Hall–Kier alpha value is -0.920. The molecule has 0 N–H and O–H groups in total. The van der Waals surface area contributed by atoms with E-state index in [1.54, 1.807) is 0 Å². The van der Waals surface area contributed by atoms with E-state index >= 15 is 0 Å². The van der Waals surface area contributed by atoms with Crippen molar-refractivity contribution in [3.05, 3.63) is 34.9 Å². The van der Waals surface area contributed by atoms with Crippen LogP contribution in [0.4, 0.5) is 8.78 Å². The minimum absolute atomic E-state index is 0.580. The Morgan fingerprint density at radius 3 is 1.97 bits per heavy atom. The van der Waals surface area contributed by atoms with E-state index in [2.05, 4.69) is 6.92 Å². The molecule has 1 aromatic rings. The van der Waals surface area contributed by atoms with E-state index in [1.165, 1.54) is 102 Å². The van der Waals surface area contributed by atoms with Gasteiger partial charge in [0.1, 0.15) is 0 Å². The van der Waals surface area contributed by atoms with Crippen molar-refractivity contribution in [3.8, 4) is 0 Å². The molecule has 5 rings (SSSR count). The summed E-state index contributed by atoms with van der Waals surface area (Å²) in [6, 6.07) is 3.20. The molecule has 5 unspecified atom stereocenters. The molecule has 0 nitrogen and oxygen atoms in total. The molecule has 3 saturated carbocycles. The molecule has 0 aromatic heterocycles. The van der Waals surface area contributed by atoms with Gasteiger partial charge in [-0.2, -0.15) is 0 Å². The Labute approximate surface area is 207 Å². The molecule has 5 atom stereocenters. The SMILES string of the molecule is CCCCCCC1CCC(C2CCC3CC(C4CCc5c(ccc(F)c5F)C4)CCC3C2)CC1. The van der Waals surface area contributed by atoms with Crippen molar-refractivity contribution in [2.75, 3.05) is 0 Å². The summed E-state index contributed by atoms with van der Waals surface area (Å²) in [5.41, 5.74) is 1.75. The van der Waals surface area contributed by atoms with E-state index in [0.29, 0.717) is 11.5 Å². The molecule has 2 heteroatoms. The zero-order valence-electron chi connectivity index (χ0n) is 21.7. The standard InChI is InChI=1S/C32H48F2/c1-2-3-4-5-6-22-7-9-23(10-8-22)24-11-12-26-20-27(14-13-25(26)19-24)28-15-17-30-29(21-28)16-18-31(33)32(30)34/h16,18,22-28H,2-15,17,19-21H2,1H3. The lowest BCUT2D eigenvalue weighted by atomic mass is 9.58. The molecule has 34 heavy (non-hydrogen) atoms. The summed E-state index contributed by atoms with van der Waals surface area (Å²) in [6.07, 6.45) is 24.7. The van der Waals surface area contributed by atoms with Crippen molar-refractivity contribution in [2.24, 2.45) is 41.4 Å². The highest BCUT2D eigenvalue weighted by molar-refractivity contribution is 5.32. The zero-order chi connectivity index (χ0) is 23.5. The van der Waals surface area contributed by atoms with Crippen molar-refractivity contribution < 1.29 is 8.78 Å². The van der Waals surface area contributed by atoms with Crippen LogP contribution in [-0.4, -0.2) is 0 Å². The number of halogens is 2. The lowest BCUT2D eigenvalue weighted by molar-refractivity contribution is 0.0438. The summed E-state index contributed by atoms with van der Waals surface area (Å²) in [4.78, 5) is 0. The molecule has 190 valence electrons. The van der Waals surface area contributed by atoms with Crippen LogP contribution >= 0.6 is 0 Å². The second-order valence-corrected chi connectivity index (χ2v) is 12.8. The van der Waals surface area contributed by atoms with Crippen LogP contribution in [0.15, 0.2) is 12.1 Å². The van der Waals surface area contributed by atoms with Crippen LogP contribution in [0.3, 0.4) is 0 Å².